The highest BCUT2D eigenvalue weighted by atomic mass is 19.1. The molecule has 0 radical (unpaired) electrons. The van der Waals surface area contributed by atoms with Gasteiger partial charge in [0.15, 0.2) is 18.2 Å². The van der Waals surface area contributed by atoms with E-state index in [-0.39, 0.29) is 24.3 Å². The first-order chi connectivity index (χ1) is 12.7. The number of nitrogens with one attached hydrogen (secondary N) is 3. The van der Waals surface area contributed by atoms with Gasteiger partial charge in [-0.2, -0.15) is 4.98 Å². The fourth-order valence-electron chi connectivity index (χ4n) is 2.39. The number of amides is 1. The van der Waals surface area contributed by atoms with Crippen LogP contribution in [0.3, 0.4) is 0 Å². The molecule has 0 saturated heterocycles. The van der Waals surface area contributed by atoms with Crippen molar-refractivity contribution < 1.29 is 13.9 Å². The quantitative estimate of drug-likeness (QED) is 0.673. The maximum Gasteiger partial charge on any atom is 0.258 e. The minimum Gasteiger partial charge on any atom is -0.484 e. The number of nitrogens with zero attached hydrogens (tertiary/aromatic N) is 2. The highest BCUT2D eigenvalue weighted by molar-refractivity contribution is 5.78. The van der Waals surface area contributed by atoms with Crippen molar-refractivity contribution in [1.82, 2.24) is 15.3 Å². The molecule has 0 aliphatic heterocycles. The molecule has 8 heteroatoms. The van der Waals surface area contributed by atoms with Gasteiger partial charge in [-0.05, 0) is 37.8 Å². The molecule has 2 aliphatic rings. The molecule has 1 aromatic carbocycles. The lowest BCUT2D eigenvalue weighted by atomic mass is 10.3. The van der Waals surface area contributed by atoms with Gasteiger partial charge in [0.1, 0.15) is 5.75 Å². The zero-order valence-corrected chi connectivity index (χ0v) is 14.2. The lowest BCUT2D eigenvalue weighted by molar-refractivity contribution is -0.123. The second kappa shape index (κ2) is 7.15. The van der Waals surface area contributed by atoms with Crippen molar-refractivity contribution in [3.8, 4) is 5.75 Å². The highest BCUT2D eigenvalue weighted by Gasteiger charge is 2.24. The van der Waals surface area contributed by atoms with Crippen molar-refractivity contribution in [3.05, 3.63) is 36.3 Å². The topological polar surface area (TPSA) is 88.2 Å². The molecule has 2 fully saturated rings. The van der Waals surface area contributed by atoms with Crippen LogP contribution >= 0.6 is 0 Å². The van der Waals surface area contributed by atoms with Crippen molar-refractivity contribution in [2.24, 2.45) is 0 Å². The summed E-state index contributed by atoms with van der Waals surface area (Å²) in [6, 6.07) is 7.73. The number of hydrogen-bond acceptors (Lipinski definition) is 6. The van der Waals surface area contributed by atoms with Crippen LogP contribution in [0.2, 0.25) is 0 Å². The molecule has 26 heavy (non-hydrogen) atoms. The van der Waals surface area contributed by atoms with Crippen LogP contribution in [0.5, 0.6) is 5.75 Å². The molecule has 2 aliphatic carbocycles. The lowest BCUT2D eigenvalue weighted by Crippen LogP contribution is -2.30. The van der Waals surface area contributed by atoms with Crippen molar-refractivity contribution in [1.29, 1.82) is 0 Å². The van der Waals surface area contributed by atoms with Crippen molar-refractivity contribution in [2.75, 3.05) is 17.2 Å². The number of hydrogen-bond donors (Lipinski definition) is 3. The molecule has 0 bridgehead atoms. The number of aromatic nitrogens is 2. The van der Waals surface area contributed by atoms with E-state index in [4.69, 9.17) is 4.74 Å². The first-order valence-electron chi connectivity index (χ1n) is 8.74. The number of halogens is 1. The number of benzene rings is 1. The van der Waals surface area contributed by atoms with Crippen LogP contribution in [-0.2, 0) is 4.79 Å². The fourth-order valence-corrected chi connectivity index (χ4v) is 2.39. The monoisotopic (exact) mass is 357 g/mol. The number of carbonyl (C=O) groups excluding carboxylic acids is 1. The third-order valence-corrected chi connectivity index (χ3v) is 4.06. The van der Waals surface area contributed by atoms with Crippen molar-refractivity contribution in [2.45, 2.75) is 37.8 Å². The largest absolute Gasteiger partial charge is 0.484 e. The predicted octanol–water partition coefficient (Wildman–Crippen LogP) is 2.59. The van der Waals surface area contributed by atoms with E-state index >= 15 is 0 Å². The van der Waals surface area contributed by atoms with E-state index < -0.39 is 5.82 Å². The first kappa shape index (κ1) is 16.6. The Balaban J connectivity index is 1.37. The third-order valence-electron chi connectivity index (χ3n) is 4.06. The molecule has 0 unspecified atom stereocenters. The summed E-state index contributed by atoms with van der Waals surface area (Å²) in [4.78, 5) is 19.8. The van der Waals surface area contributed by atoms with Gasteiger partial charge in [-0.3, -0.25) is 4.79 Å². The van der Waals surface area contributed by atoms with Crippen LogP contribution in [0.4, 0.5) is 21.8 Å². The Morgan fingerprint density at radius 2 is 2.04 bits per heavy atom. The van der Waals surface area contributed by atoms with Gasteiger partial charge in [0.05, 0.1) is 6.20 Å². The van der Waals surface area contributed by atoms with E-state index in [1.54, 1.807) is 18.2 Å². The molecule has 2 saturated carbocycles. The average Bonchev–Trinajstić information content (AvgIpc) is 3.53. The summed E-state index contributed by atoms with van der Waals surface area (Å²) in [7, 11) is 0. The molecule has 1 amide bonds. The van der Waals surface area contributed by atoms with Gasteiger partial charge in [0.25, 0.3) is 5.91 Å². The summed E-state index contributed by atoms with van der Waals surface area (Å²) < 4.78 is 19.3. The smallest absolute Gasteiger partial charge is 0.258 e. The van der Waals surface area contributed by atoms with E-state index in [1.165, 1.54) is 0 Å². The zero-order chi connectivity index (χ0) is 17.9. The number of carbonyl (C=O) groups is 1. The minimum absolute atomic E-state index is 0.0253. The van der Waals surface area contributed by atoms with Gasteiger partial charge in [0, 0.05) is 23.8 Å². The minimum atomic E-state index is -0.471. The Labute approximate surface area is 150 Å². The normalized spacial score (nSPS) is 16.0. The van der Waals surface area contributed by atoms with Crippen LogP contribution < -0.4 is 20.7 Å². The molecule has 1 heterocycles. The average molecular weight is 357 g/mol. The van der Waals surface area contributed by atoms with Crippen LogP contribution in [0.1, 0.15) is 25.7 Å². The molecule has 136 valence electrons. The third kappa shape index (κ3) is 4.59. The summed E-state index contributed by atoms with van der Waals surface area (Å²) in [6.45, 7) is -0.0253. The summed E-state index contributed by atoms with van der Waals surface area (Å²) in [5, 5.41) is 8.93. The fraction of sp³-hybridized carbons (Fsp3) is 0.389. The second-order valence-electron chi connectivity index (χ2n) is 6.59. The van der Waals surface area contributed by atoms with Gasteiger partial charge < -0.3 is 20.7 Å². The standard InChI is InChI=1S/C18H20FN5O2/c19-15-9-20-18(24-17(15)22-12-6-7-12)23-13-2-1-3-14(8-13)26-10-16(25)21-11-4-5-11/h1-3,8-9,11-12H,4-7,10H2,(H,21,25)(H2,20,22,23,24). The maximum atomic E-state index is 13.8. The van der Waals surface area contributed by atoms with E-state index in [9.17, 15) is 9.18 Å². The predicted molar refractivity (Wildman–Crippen MR) is 95.0 cm³/mol. The first-order valence-corrected chi connectivity index (χ1v) is 8.74. The SMILES string of the molecule is O=C(COc1cccc(Nc2ncc(F)c(NC3CC3)n2)c1)NC1CC1. The Morgan fingerprint density at radius 1 is 1.23 bits per heavy atom. The van der Waals surface area contributed by atoms with Crippen molar-refractivity contribution in [3.63, 3.8) is 0 Å². The summed E-state index contributed by atoms with van der Waals surface area (Å²) >= 11 is 0. The van der Waals surface area contributed by atoms with E-state index in [1.807, 2.05) is 6.07 Å². The van der Waals surface area contributed by atoms with Crippen LogP contribution in [0.15, 0.2) is 30.5 Å². The van der Waals surface area contributed by atoms with Gasteiger partial charge in [0.2, 0.25) is 5.95 Å². The van der Waals surface area contributed by atoms with E-state index in [0.717, 1.165) is 31.9 Å². The lowest BCUT2D eigenvalue weighted by Gasteiger charge is -2.10. The van der Waals surface area contributed by atoms with E-state index in [0.29, 0.717) is 23.5 Å². The van der Waals surface area contributed by atoms with Crippen molar-refractivity contribution >= 4 is 23.4 Å². The van der Waals surface area contributed by atoms with Crippen LogP contribution in [0.25, 0.3) is 0 Å². The maximum absolute atomic E-state index is 13.8. The molecule has 4 rings (SSSR count). The molecule has 2 aromatic rings. The zero-order valence-electron chi connectivity index (χ0n) is 14.2. The number of ether oxygens (including phenoxy) is 1. The molecule has 1 aromatic heterocycles. The summed E-state index contributed by atoms with van der Waals surface area (Å²) in [6.07, 6.45) is 5.28. The van der Waals surface area contributed by atoms with Gasteiger partial charge in [-0.25, -0.2) is 9.37 Å². The van der Waals surface area contributed by atoms with E-state index in [2.05, 4.69) is 25.9 Å². The highest BCUT2D eigenvalue weighted by Crippen LogP contribution is 2.26. The van der Waals surface area contributed by atoms with Gasteiger partial charge in [-0.1, -0.05) is 6.07 Å². The molecule has 7 nitrogen and oxygen atoms in total. The Hall–Kier alpha value is -2.90. The Kier molecular flexibility index (Phi) is 4.55. The van der Waals surface area contributed by atoms with Crippen LogP contribution in [0, 0.1) is 5.82 Å². The van der Waals surface area contributed by atoms with Crippen LogP contribution in [-0.4, -0.2) is 34.6 Å². The number of rotatable bonds is 8. The molecule has 3 N–H and O–H groups in total. The molecular weight excluding hydrogens is 337 g/mol. The van der Waals surface area contributed by atoms with Gasteiger partial charge >= 0.3 is 0 Å². The molecular formula is C18H20FN5O2. The van der Waals surface area contributed by atoms with Gasteiger partial charge in [-0.15, -0.1) is 0 Å². The Bertz CT molecular complexity index is 808. The summed E-state index contributed by atoms with van der Waals surface area (Å²) in [5.74, 6) is 0.455. The second-order valence-corrected chi connectivity index (χ2v) is 6.59. The Morgan fingerprint density at radius 3 is 2.81 bits per heavy atom. The molecule has 0 spiro atoms. The number of anilines is 3. The summed E-state index contributed by atoms with van der Waals surface area (Å²) in [5.41, 5.74) is 0.689. The molecule has 0 atom stereocenters.